The summed E-state index contributed by atoms with van der Waals surface area (Å²) in [5.41, 5.74) is 16.5. The molecule has 0 aromatic carbocycles. The van der Waals surface area contributed by atoms with Crippen LogP contribution in [0.25, 0.3) is 0 Å². The van der Waals surface area contributed by atoms with Gasteiger partial charge in [0.2, 0.25) is 5.91 Å². The third-order valence-corrected chi connectivity index (χ3v) is 1.00. The van der Waals surface area contributed by atoms with Crippen molar-refractivity contribution in [3.63, 3.8) is 0 Å². The van der Waals surface area contributed by atoms with Gasteiger partial charge in [-0.3, -0.25) is 0 Å². The first-order chi connectivity index (χ1) is 3.41. The molecule has 2 rings (SSSR count). The largest absolute Gasteiger partial charge is 0.236 e. The van der Waals surface area contributed by atoms with Crippen molar-refractivity contribution < 1.29 is 0 Å². The Kier molecular flexibility index (Phi) is 0.502. The summed E-state index contributed by atoms with van der Waals surface area (Å²) in [4.78, 5) is 0. The molecular weight excluding hydrogens is 96.1 g/mol. The van der Waals surface area contributed by atoms with Crippen LogP contribution in [0, 0.1) is 0 Å². The second kappa shape index (κ2) is 0.944. The van der Waals surface area contributed by atoms with Gasteiger partial charge < -0.3 is 0 Å². The van der Waals surface area contributed by atoms with Crippen LogP contribution in [-0.2, 0) is 0 Å². The van der Waals surface area contributed by atoms with Gasteiger partial charge in [0.05, 0.1) is 0 Å². The molecule has 0 unspecified atom stereocenters. The Hall–Kier alpha value is -0.240. The Bertz CT molecular complexity index is 64.7. The Morgan fingerprint density at radius 2 is 1.14 bits per heavy atom. The molecule has 40 valence electrons. The molecule has 0 aromatic rings. The molecule has 6 N–H and O–H groups in total. The van der Waals surface area contributed by atoms with E-state index in [-0.39, 0.29) is 5.91 Å². The van der Waals surface area contributed by atoms with E-state index in [1.807, 2.05) is 0 Å². The first-order valence-electron chi connectivity index (χ1n) is 2.00. The summed E-state index contributed by atoms with van der Waals surface area (Å²) in [5, 5.41) is 0. The van der Waals surface area contributed by atoms with Gasteiger partial charge >= 0.3 is 0 Å². The van der Waals surface area contributed by atoms with Gasteiger partial charge in [-0.25, -0.2) is 0 Å². The van der Waals surface area contributed by atoms with Crippen molar-refractivity contribution in [2.75, 3.05) is 0 Å². The van der Waals surface area contributed by atoms with E-state index in [4.69, 9.17) is 0 Å². The molecule has 7 heavy (non-hydrogen) atoms. The SMILES string of the molecule is N1NC2(N1)NNN2. The zero-order chi connectivity index (χ0) is 4.74. The fraction of sp³-hybridized carbons (Fsp3) is 1.00. The maximum absolute atomic E-state index is 2.81. The third-order valence-electron chi connectivity index (χ3n) is 1.00. The van der Waals surface area contributed by atoms with Crippen LogP contribution in [0.4, 0.5) is 0 Å². The molecule has 2 aliphatic rings. The topological polar surface area (TPSA) is 72.2 Å². The summed E-state index contributed by atoms with van der Waals surface area (Å²) in [6.45, 7) is 0. The lowest BCUT2D eigenvalue weighted by Gasteiger charge is -2.51. The van der Waals surface area contributed by atoms with E-state index in [1.54, 1.807) is 0 Å². The highest BCUT2D eigenvalue weighted by Gasteiger charge is 2.42. The molecule has 2 aliphatic heterocycles. The monoisotopic (exact) mass is 102 g/mol. The Morgan fingerprint density at radius 3 is 1.14 bits per heavy atom. The van der Waals surface area contributed by atoms with Crippen LogP contribution in [0.1, 0.15) is 0 Å². The van der Waals surface area contributed by atoms with Crippen LogP contribution >= 0.6 is 0 Å². The second-order valence-electron chi connectivity index (χ2n) is 1.50. The zero-order valence-electron chi connectivity index (χ0n) is 3.50. The number of hydrogen-bond acceptors (Lipinski definition) is 6. The molecule has 6 nitrogen and oxygen atoms in total. The van der Waals surface area contributed by atoms with E-state index in [0.717, 1.165) is 0 Å². The minimum atomic E-state index is -0.278. The molecule has 0 bridgehead atoms. The molecule has 6 heteroatoms. The highest BCUT2D eigenvalue weighted by molar-refractivity contribution is 4.83. The Labute approximate surface area is 39.9 Å². The van der Waals surface area contributed by atoms with Crippen LogP contribution in [0.3, 0.4) is 0 Å². The van der Waals surface area contributed by atoms with Crippen LogP contribution in [0.15, 0.2) is 0 Å². The van der Waals surface area contributed by atoms with E-state index in [1.165, 1.54) is 0 Å². The van der Waals surface area contributed by atoms with Crippen molar-refractivity contribution >= 4 is 0 Å². The molecule has 0 aromatic heterocycles. The fourth-order valence-electron chi connectivity index (χ4n) is 0.500. The lowest BCUT2D eigenvalue weighted by molar-refractivity contribution is -0.109. The summed E-state index contributed by atoms with van der Waals surface area (Å²) in [7, 11) is 0. The molecule has 0 radical (unpaired) electrons. The average Bonchev–Trinajstić information content (AvgIpc) is 1.20. The van der Waals surface area contributed by atoms with Gasteiger partial charge in [0.15, 0.2) is 0 Å². The average molecular weight is 102 g/mol. The summed E-state index contributed by atoms with van der Waals surface area (Å²) in [6, 6.07) is 0. The van der Waals surface area contributed by atoms with Crippen molar-refractivity contribution in [3.8, 4) is 0 Å². The fourth-order valence-corrected chi connectivity index (χ4v) is 0.500. The highest BCUT2D eigenvalue weighted by Crippen LogP contribution is 1.93. The zero-order valence-corrected chi connectivity index (χ0v) is 3.50. The number of rotatable bonds is 0. The lowest BCUT2D eigenvalue weighted by atomic mass is 10.6. The van der Waals surface area contributed by atoms with Crippen molar-refractivity contribution in [3.05, 3.63) is 0 Å². The first-order valence-corrected chi connectivity index (χ1v) is 2.00. The molecule has 1 spiro atoms. The first kappa shape index (κ1) is 3.72. The summed E-state index contributed by atoms with van der Waals surface area (Å²) >= 11 is 0. The van der Waals surface area contributed by atoms with Crippen LogP contribution in [-0.4, -0.2) is 5.91 Å². The van der Waals surface area contributed by atoms with E-state index in [9.17, 15) is 0 Å². The van der Waals surface area contributed by atoms with Crippen molar-refractivity contribution in [2.24, 2.45) is 0 Å². The molecular formula is CH6N6. The molecule has 0 atom stereocenters. The van der Waals surface area contributed by atoms with Crippen molar-refractivity contribution in [1.29, 1.82) is 0 Å². The van der Waals surface area contributed by atoms with E-state index >= 15 is 0 Å². The van der Waals surface area contributed by atoms with Gasteiger partial charge in [-0.1, -0.05) is 0 Å². The van der Waals surface area contributed by atoms with Crippen molar-refractivity contribution in [1.82, 2.24) is 32.8 Å². The highest BCUT2D eigenvalue weighted by atomic mass is 16.0. The predicted octanol–water partition coefficient (Wildman–Crippen LogP) is -3.18. The maximum atomic E-state index is 2.81. The van der Waals surface area contributed by atoms with E-state index in [0.29, 0.717) is 0 Å². The molecule has 2 fully saturated rings. The summed E-state index contributed by atoms with van der Waals surface area (Å²) < 4.78 is 0. The normalized spacial score (nSPS) is 34.3. The minimum absolute atomic E-state index is 0.278. The predicted molar refractivity (Wildman–Crippen MR) is 21.5 cm³/mol. The van der Waals surface area contributed by atoms with Gasteiger partial charge in [-0.2, -0.15) is 32.8 Å². The standard InChI is InChI=1S/CH6N6/c2-1(3-6-2)4-7-5-1/h2-7H. The Balaban J connectivity index is 2.00. The van der Waals surface area contributed by atoms with E-state index < -0.39 is 0 Å². The third kappa shape index (κ3) is 0.328. The number of hydrogen-bond donors (Lipinski definition) is 6. The summed E-state index contributed by atoms with van der Waals surface area (Å²) in [6.07, 6.45) is 0. The number of nitrogens with one attached hydrogen (secondary N) is 6. The summed E-state index contributed by atoms with van der Waals surface area (Å²) in [5.74, 6) is -0.278. The van der Waals surface area contributed by atoms with Crippen molar-refractivity contribution in [2.45, 2.75) is 5.91 Å². The van der Waals surface area contributed by atoms with Gasteiger partial charge in [0.1, 0.15) is 0 Å². The minimum Gasteiger partial charge on any atom is -0.194 e. The van der Waals surface area contributed by atoms with Gasteiger partial charge in [-0.15, -0.1) is 0 Å². The van der Waals surface area contributed by atoms with Gasteiger partial charge in [0, 0.05) is 0 Å². The molecule has 0 amide bonds. The van der Waals surface area contributed by atoms with Gasteiger partial charge in [-0.05, 0) is 0 Å². The van der Waals surface area contributed by atoms with Crippen LogP contribution in [0.2, 0.25) is 0 Å². The van der Waals surface area contributed by atoms with Crippen LogP contribution in [0.5, 0.6) is 0 Å². The number of hydrazine groups is 4. The molecule has 0 saturated carbocycles. The lowest BCUT2D eigenvalue weighted by Crippen LogP contribution is -3.01. The molecule has 2 saturated heterocycles. The van der Waals surface area contributed by atoms with Crippen LogP contribution < -0.4 is 32.8 Å². The smallest absolute Gasteiger partial charge is 0.194 e. The second-order valence-corrected chi connectivity index (χ2v) is 1.50. The van der Waals surface area contributed by atoms with E-state index in [2.05, 4.69) is 32.8 Å². The maximum Gasteiger partial charge on any atom is 0.236 e. The molecule has 2 heterocycles. The quantitative estimate of drug-likeness (QED) is 0.194. The van der Waals surface area contributed by atoms with Gasteiger partial charge in [0.25, 0.3) is 0 Å². The Morgan fingerprint density at radius 1 is 0.714 bits per heavy atom. The molecule has 0 aliphatic carbocycles.